The summed E-state index contributed by atoms with van der Waals surface area (Å²) in [5.74, 6) is 0.945. The number of hydrogen-bond donors (Lipinski definition) is 2. The molecule has 2 aliphatic heterocycles. The highest BCUT2D eigenvalue weighted by molar-refractivity contribution is 5.90. The van der Waals surface area contributed by atoms with E-state index in [2.05, 4.69) is 15.4 Å². The largest absolute Gasteiger partial charge is 0.465 e. The molecule has 0 radical (unpaired) electrons. The van der Waals surface area contributed by atoms with Crippen molar-refractivity contribution in [2.45, 2.75) is 0 Å². The molecule has 3 amide bonds. The van der Waals surface area contributed by atoms with E-state index in [0.717, 1.165) is 0 Å². The number of carboxylic acid groups (broad SMARTS) is 1. The fourth-order valence-electron chi connectivity index (χ4n) is 2.98. The van der Waals surface area contributed by atoms with Crippen LogP contribution < -0.4 is 4.90 Å². The van der Waals surface area contributed by atoms with Gasteiger partial charge in [0.1, 0.15) is 0 Å². The molecular weight excluding hydrogens is 264 g/mol. The Morgan fingerprint density at radius 3 is 2.40 bits per heavy atom. The summed E-state index contributed by atoms with van der Waals surface area (Å²) >= 11 is 0. The maximum atomic E-state index is 12.3. The molecule has 3 rings (SSSR count). The lowest BCUT2D eigenvalue weighted by molar-refractivity contribution is 0.150. The van der Waals surface area contributed by atoms with Gasteiger partial charge in [-0.1, -0.05) is 5.21 Å². The third kappa shape index (κ3) is 2.04. The van der Waals surface area contributed by atoms with Crippen LogP contribution in [0, 0.1) is 11.8 Å². The zero-order valence-electron chi connectivity index (χ0n) is 11.1. The predicted octanol–water partition coefficient (Wildman–Crippen LogP) is -0.0975. The van der Waals surface area contributed by atoms with Crippen LogP contribution in [0.1, 0.15) is 0 Å². The topological polar surface area (TPSA) is 106 Å². The number of rotatable bonds is 1. The van der Waals surface area contributed by atoms with Crippen LogP contribution in [0.5, 0.6) is 0 Å². The smallest absolute Gasteiger partial charge is 0.407 e. The minimum absolute atomic E-state index is 0.129. The minimum Gasteiger partial charge on any atom is -0.465 e. The van der Waals surface area contributed by atoms with Gasteiger partial charge in [0.15, 0.2) is 5.82 Å². The van der Waals surface area contributed by atoms with Crippen molar-refractivity contribution in [1.82, 2.24) is 25.2 Å². The third-order valence-corrected chi connectivity index (χ3v) is 4.06. The number of carbonyl (C=O) groups is 2. The molecule has 2 fully saturated rings. The first-order valence-electron chi connectivity index (χ1n) is 6.43. The van der Waals surface area contributed by atoms with Crippen LogP contribution in [0.25, 0.3) is 0 Å². The number of amides is 3. The number of urea groups is 1. The first-order chi connectivity index (χ1) is 9.56. The van der Waals surface area contributed by atoms with Crippen molar-refractivity contribution >= 4 is 17.9 Å². The molecule has 20 heavy (non-hydrogen) atoms. The zero-order chi connectivity index (χ0) is 14.3. The standard InChI is InChI=1S/C11H16N6O3/c1-15(9-2-12-14-13-9)10(18)16-3-7-5-17(11(19)20)6-8(7)4-16/h2,7-8H,3-6H2,1H3,(H,19,20)(H,12,13,14). The van der Waals surface area contributed by atoms with E-state index in [1.54, 1.807) is 18.1 Å². The van der Waals surface area contributed by atoms with Gasteiger partial charge in [-0.05, 0) is 0 Å². The fraction of sp³-hybridized carbons (Fsp3) is 0.636. The molecule has 0 aromatic carbocycles. The molecule has 1 aromatic heterocycles. The number of H-pyrrole nitrogens is 1. The Morgan fingerprint density at radius 2 is 1.90 bits per heavy atom. The highest BCUT2D eigenvalue weighted by atomic mass is 16.4. The molecule has 0 saturated carbocycles. The Morgan fingerprint density at radius 1 is 1.30 bits per heavy atom. The van der Waals surface area contributed by atoms with Crippen LogP contribution in [-0.4, -0.2) is 75.7 Å². The molecule has 0 bridgehead atoms. The number of fused-ring (bicyclic) bond motifs is 1. The van der Waals surface area contributed by atoms with Crippen LogP contribution in [0.4, 0.5) is 15.4 Å². The van der Waals surface area contributed by atoms with Gasteiger partial charge < -0.3 is 14.9 Å². The number of nitrogens with zero attached hydrogens (tertiary/aromatic N) is 5. The number of likely N-dealkylation sites (tertiary alicyclic amines) is 2. The van der Waals surface area contributed by atoms with E-state index >= 15 is 0 Å². The number of nitrogens with one attached hydrogen (secondary N) is 1. The molecule has 3 heterocycles. The lowest BCUT2D eigenvalue weighted by Crippen LogP contribution is -2.42. The quantitative estimate of drug-likeness (QED) is 0.747. The number of carbonyl (C=O) groups excluding carboxylic acids is 1. The Balaban J connectivity index is 1.62. The molecule has 2 N–H and O–H groups in total. The number of aromatic nitrogens is 3. The molecule has 2 saturated heterocycles. The normalized spacial score (nSPS) is 24.9. The van der Waals surface area contributed by atoms with Gasteiger partial charge in [0, 0.05) is 45.1 Å². The Labute approximate surface area is 115 Å². The van der Waals surface area contributed by atoms with Gasteiger partial charge in [0.2, 0.25) is 0 Å². The third-order valence-electron chi connectivity index (χ3n) is 4.06. The summed E-state index contributed by atoms with van der Waals surface area (Å²) in [6, 6.07) is -0.129. The van der Waals surface area contributed by atoms with E-state index in [1.807, 2.05) is 0 Å². The summed E-state index contributed by atoms with van der Waals surface area (Å²) in [4.78, 5) is 27.9. The molecule has 9 nitrogen and oxygen atoms in total. The van der Waals surface area contributed by atoms with Gasteiger partial charge in [0.05, 0.1) is 6.20 Å². The van der Waals surface area contributed by atoms with Gasteiger partial charge in [0.25, 0.3) is 0 Å². The average Bonchev–Trinajstić information content (AvgIpc) is 3.11. The van der Waals surface area contributed by atoms with Crippen LogP contribution in [0.2, 0.25) is 0 Å². The first-order valence-corrected chi connectivity index (χ1v) is 6.43. The second-order valence-electron chi connectivity index (χ2n) is 5.29. The van der Waals surface area contributed by atoms with Crippen molar-refractivity contribution in [3.63, 3.8) is 0 Å². The molecule has 2 atom stereocenters. The van der Waals surface area contributed by atoms with Crippen LogP contribution in [0.15, 0.2) is 6.20 Å². The fourth-order valence-corrected chi connectivity index (χ4v) is 2.98. The van der Waals surface area contributed by atoms with Gasteiger partial charge in [-0.2, -0.15) is 0 Å². The maximum Gasteiger partial charge on any atom is 0.407 e. The van der Waals surface area contributed by atoms with E-state index in [1.165, 1.54) is 9.80 Å². The van der Waals surface area contributed by atoms with Gasteiger partial charge in [-0.25, -0.2) is 9.59 Å². The molecule has 0 spiro atoms. The highest BCUT2D eigenvalue weighted by Crippen LogP contribution is 2.31. The Kier molecular flexibility index (Phi) is 2.96. The molecule has 0 aliphatic carbocycles. The molecule has 9 heteroatoms. The first kappa shape index (κ1) is 12.7. The lowest BCUT2D eigenvalue weighted by Gasteiger charge is -2.24. The van der Waals surface area contributed by atoms with E-state index in [0.29, 0.717) is 32.0 Å². The van der Waals surface area contributed by atoms with Crippen LogP contribution >= 0.6 is 0 Å². The van der Waals surface area contributed by atoms with Gasteiger partial charge in [-0.15, -0.1) is 5.10 Å². The highest BCUT2D eigenvalue weighted by Gasteiger charge is 2.43. The van der Waals surface area contributed by atoms with E-state index in [-0.39, 0.29) is 17.9 Å². The van der Waals surface area contributed by atoms with Crippen molar-refractivity contribution in [2.24, 2.45) is 11.8 Å². The van der Waals surface area contributed by atoms with E-state index < -0.39 is 6.09 Å². The SMILES string of the molecule is CN(C(=O)N1CC2CN(C(=O)O)CC2C1)c1c[nH]nn1. The zero-order valence-corrected chi connectivity index (χ0v) is 11.1. The number of aromatic amines is 1. The van der Waals surface area contributed by atoms with Crippen molar-refractivity contribution < 1.29 is 14.7 Å². The van der Waals surface area contributed by atoms with Gasteiger partial charge in [-0.3, -0.25) is 10.00 Å². The van der Waals surface area contributed by atoms with E-state index in [9.17, 15) is 9.59 Å². The Hall–Kier alpha value is -2.32. The Bertz CT molecular complexity index is 504. The number of hydrogen-bond acceptors (Lipinski definition) is 4. The van der Waals surface area contributed by atoms with Crippen molar-refractivity contribution in [1.29, 1.82) is 0 Å². The van der Waals surface area contributed by atoms with Crippen LogP contribution in [-0.2, 0) is 0 Å². The predicted molar refractivity (Wildman–Crippen MR) is 68.3 cm³/mol. The minimum atomic E-state index is -0.878. The van der Waals surface area contributed by atoms with Crippen LogP contribution in [0.3, 0.4) is 0 Å². The molecular formula is C11H16N6O3. The molecule has 108 valence electrons. The number of anilines is 1. The molecule has 1 aromatic rings. The summed E-state index contributed by atoms with van der Waals surface area (Å²) in [5, 5.41) is 18.9. The second-order valence-corrected chi connectivity index (χ2v) is 5.29. The monoisotopic (exact) mass is 280 g/mol. The summed E-state index contributed by atoms with van der Waals surface area (Å²) < 4.78 is 0. The molecule has 2 unspecified atom stereocenters. The van der Waals surface area contributed by atoms with Crippen molar-refractivity contribution in [2.75, 3.05) is 38.1 Å². The summed E-state index contributed by atoms with van der Waals surface area (Å²) in [7, 11) is 1.65. The summed E-state index contributed by atoms with van der Waals surface area (Å²) in [6.07, 6.45) is 0.679. The lowest BCUT2D eigenvalue weighted by atomic mass is 10.0. The summed E-state index contributed by atoms with van der Waals surface area (Å²) in [5.41, 5.74) is 0. The average molecular weight is 280 g/mol. The van der Waals surface area contributed by atoms with E-state index in [4.69, 9.17) is 5.11 Å². The van der Waals surface area contributed by atoms with Crippen molar-refractivity contribution in [3.8, 4) is 0 Å². The second kappa shape index (κ2) is 4.66. The van der Waals surface area contributed by atoms with Gasteiger partial charge >= 0.3 is 12.1 Å². The summed E-state index contributed by atoms with van der Waals surface area (Å²) in [6.45, 7) is 2.21. The maximum absolute atomic E-state index is 12.3. The van der Waals surface area contributed by atoms with Crippen molar-refractivity contribution in [3.05, 3.63) is 6.20 Å². The molecule has 2 aliphatic rings.